The molecule has 0 bridgehead atoms. The molecular weight excluding hydrogens is 412 g/mol. The predicted octanol–water partition coefficient (Wildman–Crippen LogP) is 4.18. The second-order valence-electron chi connectivity index (χ2n) is 7.07. The van der Waals surface area contributed by atoms with Gasteiger partial charge < -0.3 is 19.7 Å². The number of anilines is 1. The van der Waals surface area contributed by atoms with Gasteiger partial charge in [-0.2, -0.15) is 14.0 Å². The molecule has 0 spiro atoms. The molecule has 0 atom stereocenters. The first kappa shape index (κ1) is 22.0. The monoisotopic (exact) mass is 435 g/mol. The number of fused-ring (bicyclic) bond motifs is 1. The van der Waals surface area contributed by atoms with Gasteiger partial charge in [0.25, 0.3) is 0 Å². The number of hydrogen-bond acceptors (Lipinski definition) is 6. The zero-order chi connectivity index (χ0) is 21.7. The number of ether oxygens (including phenoxy) is 2. The SMILES string of the molecule is COc1cc(CN(C)CCC(=O)Nc2sc3c(c2C#N)CCC3)ccc1OC(F)F. The molecular formula is C21H23F2N3O3S. The Balaban J connectivity index is 1.53. The van der Waals surface area contributed by atoms with Crippen LogP contribution in [0.4, 0.5) is 13.8 Å². The van der Waals surface area contributed by atoms with Crippen LogP contribution in [0.25, 0.3) is 0 Å². The van der Waals surface area contributed by atoms with Gasteiger partial charge in [0.2, 0.25) is 5.91 Å². The van der Waals surface area contributed by atoms with Crippen molar-refractivity contribution in [2.75, 3.05) is 26.0 Å². The van der Waals surface area contributed by atoms with Gasteiger partial charge >= 0.3 is 6.61 Å². The number of carbonyl (C=O) groups excluding carboxylic acids is 1. The summed E-state index contributed by atoms with van der Waals surface area (Å²) < 4.78 is 34.4. The molecule has 30 heavy (non-hydrogen) atoms. The Kier molecular flexibility index (Phi) is 7.24. The van der Waals surface area contributed by atoms with Gasteiger partial charge in [0.05, 0.1) is 12.7 Å². The van der Waals surface area contributed by atoms with Crippen molar-refractivity contribution in [3.05, 3.63) is 39.8 Å². The molecule has 0 saturated heterocycles. The third-order valence-corrected chi connectivity index (χ3v) is 6.11. The summed E-state index contributed by atoms with van der Waals surface area (Å²) >= 11 is 1.50. The standard InChI is InChI=1S/C21H23F2N3O3S/c1-26(12-13-6-7-16(29-21(22)23)17(10-13)28-2)9-8-19(27)25-20-15(11-24)14-4-3-5-18(14)30-20/h6-7,10,21H,3-5,8-9,12H2,1-2H3,(H,25,27). The summed E-state index contributed by atoms with van der Waals surface area (Å²) in [7, 11) is 3.26. The van der Waals surface area contributed by atoms with E-state index in [2.05, 4.69) is 16.1 Å². The summed E-state index contributed by atoms with van der Waals surface area (Å²) in [5.41, 5.74) is 2.54. The molecule has 1 aliphatic rings. The summed E-state index contributed by atoms with van der Waals surface area (Å²) in [4.78, 5) is 15.5. The van der Waals surface area contributed by atoms with Gasteiger partial charge in [-0.25, -0.2) is 0 Å². The molecule has 6 nitrogen and oxygen atoms in total. The van der Waals surface area contributed by atoms with Crippen LogP contribution in [0.15, 0.2) is 18.2 Å². The van der Waals surface area contributed by atoms with Crippen molar-refractivity contribution >= 4 is 22.2 Å². The number of thiophene rings is 1. The number of nitrogens with one attached hydrogen (secondary N) is 1. The van der Waals surface area contributed by atoms with Crippen molar-refractivity contribution < 1.29 is 23.0 Å². The lowest BCUT2D eigenvalue weighted by atomic mass is 10.1. The number of methoxy groups -OCH3 is 1. The Labute approximate surface area is 178 Å². The highest BCUT2D eigenvalue weighted by atomic mass is 32.1. The predicted molar refractivity (Wildman–Crippen MR) is 110 cm³/mol. The minimum absolute atomic E-state index is 0.0191. The van der Waals surface area contributed by atoms with E-state index in [4.69, 9.17) is 4.74 Å². The van der Waals surface area contributed by atoms with Crippen molar-refractivity contribution in [2.45, 2.75) is 38.8 Å². The smallest absolute Gasteiger partial charge is 0.387 e. The van der Waals surface area contributed by atoms with E-state index >= 15 is 0 Å². The van der Waals surface area contributed by atoms with Crippen LogP contribution in [0, 0.1) is 11.3 Å². The van der Waals surface area contributed by atoms with Crippen molar-refractivity contribution in [3.8, 4) is 17.6 Å². The van der Waals surface area contributed by atoms with E-state index in [9.17, 15) is 18.8 Å². The number of alkyl halides is 2. The molecule has 1 aromatic heterocycles. The maximum atomic E-state index is 12.4. The molecule has 1 heterocycles. The second kappa shape index (κ2) is 9.87. The summed E-state index contributed by atoms with van der Waals surface area (Å²) in [6.07, 6.45) is 3.21. The fraction of sp³-hybridized carbons (Fsp3) is 0.429. The minimum Gasteiger partial charge on any atom is -0.493 e. The molecule has 1 aromatic carbocycles. The van der Waals surface area contributed by atoms with Crippen molar-refractivity contribution in [3.63, 3.8) is 0 Å². The van der Waals surface area contributed by atoms with E-state index in [1.165, 1.54) is 29.4 Å². The molecule has 3 rings (SSSR count). The summed E-state index contributed by atoms with van der Waals surface area (Å²) in [5.74, 6) is 0.0691. The number of hydrogen-bond donors (Lipinski definition) is 1. The number of rotatable bonds is 9. The van der Waals surface area contributed by atoms with Crippen LogP contribution in [-0.4, -0.2) is 38.1 Å². The van der Waals surface area contributed by atoms with Crippen molar-refractivity contribution in [1.82, 2.24) is 4.90 Å². The van der Waals surface area contributed by atoms with Crippen LogP contribution in [0.3, 0.4) is 0 Å². The molecule has 2 aromatic rings. The van der Waals surface area contributed by atoms with Crippen LogP contribution in [-0.2, 0) is 24.2 Å². The van der Waals surface area contributed by atoms with Gasteiger partial charge in [-0.1, -0.05) is 6.07 Å². The minimum atomic E-state index is -2.92. The van der Waals surface area contributed by atoms with Gasteiger partial charge in [-0.05, 0) is 49.6 Å². The lowest BCUT2D eigenvalue weighted by molar-refractivity contribution is -0.116. The highest BCUT2D eigenvalue weighted by Gasteiger charge is 2.23. The van der Waals surface area contributed by atoms with E-state index in [0.717, 1.165) is 30.4 Å². The zero-order valence-corrected chi connectivity index (χ0v) is 17.7. The van der Waals surface area contributed by atoms with Gasteiger partial charge in [-0.15, -0.1) is 11.3 Å². The molecule has 0 radical (unpaired) electrons. The summed E-state index contributed by atoms with van der Waals surface area (Å²) in [6.45, 7) is -1.91. The molecule has 0 saturated carbocycles. The normalized spacial score (nSPS) is 12.7. The third-order valence-electron chi connectivity index (χ3n) is 4.90. The van der Waals surface area contributed by atoms with E-state index in [1.807, 2.05) is 11.9 Å². The molecule has 0 aliphatic heterocycles. The molecule has 1 N–H and O–H groups in total. The Morgan fingerprint density at radius 3 is 2.87 bits per heavy atom. The van der Waals surface area contributed by atoms with Crippen molar-refractivity contribution in [2.24, 2.45) is 0 Å². The lowest BCUT2D eigenvalue weighted by Crippen LogP contribution is -2.24. The zero-order valence-electron chi connectivity index (χ0n) is 16.8. The molecule has 0 unspecified atom stereocenters. The topological polar surface area (TPSA) is 74.6 Å². The highest BCUT2D eigenvalue weighted by Crippen LogP contribution is 2.38. The number of halogens is 2. The molecule has 160 valence electrons. The van der Waals surface area contributed by atoms with E-state index < -0.39 is 6.61 Å². The maximum Gasteiger partial charge on any atom is 0.387 e. The largest absolute Gasteiger partial charge is 0.493 e. The van der Waals surface area contributed by atoms with Crippen LogP contribution >= 0.6 is 11.3 Å². The fourth-order valence-electron chi connectivity index (χ4n) is 3.49. The first-order chi connectivity index (χ1) is 14.4. The van der Waals surface area contributed by atoms with Gasteiger partial charge in [-0.3, -0.25) is 4.79 Å². The average molecular weight is 435 g/mol. The summed E-state index contributed by atoms with van der Waals surface area (Å²) in [5, 5.41) is 12.9. The highest BCUT2D eigenvalue weighted by molar-refractivity contribution is 7.16. The van der Waals surface area contributed by atoms with Crippen LogP contribution in [0.5, 0.6) is 11.5 Å². The van der Waals surface area contributed by atoms with E-state index in [-0.39, 0.29) is 23.8 Å². The van der Waals surface area contributed by atoms with E-state index in [1.54, 1.807) is 12.1 Å². The molecule has 9 heteroatoms. The molecule has 1 aliphatic carbocycles. The van der Waals surface area contributed by atoms with Gasteiger partial charge in [0.1, 0.15) is 11.1 Å². The average Bonchev–Trinajstić information content (AvgIpc) is 3.27. The number of nitriles is 1. The fourth-order valence-corrected chi connectivity index (χ4v) is 4.74. The molecule has 1 amide bonds. The Morgan fingerprint density at radius 2 is 2.17 bits per heavy atom. The number of amides is 1. The van der Waals surface area contributed by atoms with Crippen molar-refractivity contribution in [1.29, 1.82) is 5.26 Å². The third kappa shape index (κ3) is 5.26. The summed E-state index contributed by atoms with van der Waals surface area (Å²) in [6, 6.07) is 6.99. The Morgan fingerprint density at radius 1 is 1.37 bits per heavy atom. The lowest BCUT2D eigenvalue weighted by Gasteiger charge is -2.18. The number of aryl methyl sites for hydroxylation is 1. The van der Waals surface area contributed by atoms with Gasteiger partial charge in [0.15, 0.2) is 11.5 Å². The second-order valence-corrected chi connectivity index (χ2v) is 8.18. The number of nitrogens with zero attached hydrogens (tertiary/aromatic N) is 2. The molecule has 0 fully saturated rings. The first-order valence-corrected chi connectivity index (χ1v) is 10.4. The van der Waals surface area contributed by atoms with Crippen LogP contribution < -0.4 is 14.8 Å². The number of carbonyl (C=O) groups is 1. The Bertz CT molecular complexity index is 956. The van der Waals surface area contributed by atoms with Crippen LogP contribution in [0.1, 0.15) is 34.4 Å². The first-order valence-electron chi connectivity index (χ1n) is 9.56. The van der Waals surface area contributed by atoms with Crippen LogP contribution in [0.2, 0.25) is 0 Å². The maximum absolute atomic E-state index is 12.4. The Hall–Kier alpha value is -2.70. The number of benzene rings is 1. The quantitative estimate of drug-likeness (QED) is 0.640. The van der Waals surface area contributed by atoms with Gasteiger partial charge in [0, 0.05) is 24.4 Å². The van der Waals surface area contributed by atoms with E-state index in [0.29, 0.717) is 23.7 Å².